The molecule has 0 bridgehead atoms. The van der Waals surface area contributed by atoms with E-state index >= 15 is 0 Å². The summed E-state index contributed by atoms with van der Waals surface area (Å²) in [4.78, 5) is 25.3. The van der Waals surface area contributed by atoms with Gasteiger partial charge >= 0.3 is 5.97 Å². The van der Waals surface area contributed by atoms with Crippen LogP contribution in [0.4, 0.5) is 0 Å². The topological polar surface area (TPSA) is 65.1 Å². The summed E-state index contributed by atoms with van der Waals surface area (Å²) in [7, 11) is 1.60. The Morgan fingerprint density at radius 1 is 1.14 bits per heavy atom. The fourth-order valence-electron chi connectivity index (χ4n) is 2.14. The van der Waals surface area contributed by atoms with Crippen LogP contribution in [0.2, 0.25) is 0 Å². The molecular formula is C16H21NO5. The number of hydrogen-bond donors (Lipinski definition) is 0. The number of esters is 1. The maximum atomic E-state index is 11.9. The van der Waals surface area contributed by atoms with Crippen molar-refractivity contribution >= 4 is 11.9 Å². The Kier molecular flexibility index (Phi) is 6.21. The van der Waals surface area contributed by atoms with Crippen molar-refractivity contribution in [1.29, 1.82) is 0 Å². The van der Waals surface area contributed by atoms with E-state index in [1.807, 2.05) is 24.3 Å². The van der Waals surface area contributed by atoms with Crippen molar-refractivity contribution in [2.24, 2.45) is 0 Å². The Morgan fingerprint density at radius 2 is 1.82 bits per heavy atom. The molecule has 1 aromatic carbocycles. The molecule has 1 amide bonds. The minimum atomic E-state index is -0.363. The van der Waals surface area contributed by atoms with Gasteiger partial charge in [-0.25, -0.2) is 0 Å². The van der Waals surface area contributed by atoms with E-state index in [0.29, 0.717) is 26.3 Å². The molecule has 0 saturated carbocycles. The fraction of sp³-hybridized carbons (Fsp3) is 0.500. The summed E-state index contributed by atoms with van der Waals surface area (Å²) in [5.74, 6) is 0.369. The standard InChI is InChI=1S/C16H21NO5/c1-20-14-4-2-13(3-5-14)12-22-16(19)7-6-15(18)17-8-10-21-11-9-17/h2-5H,6-12H2,1H3. The molecule has 6 nitrogen and oxygen atoms in total. The smallest absolute Gasteiger partial charge is 0.306 e. The molecule has 1 aromatic rings. The van der Waals surface area contributed by atoms with Crippen LogP contribution in [0, 0.1) is 0 Å². The van der Waals surface area contributed by atoms with Gasteiger partial charge < -0.3 is 19.1 Å². The number of methoxy groups -OCH3 is 1. The Morgan fingerprint density at radius 3 is 2.45 bits per heavy atom. The molecule has 0 N–H and O–H groups in total. The van der Waals surface area contributed by atoms with E-state index in [1.54, 1.807) is 12.0 Å². The summed E-state index contributed by atoms with van der Waals surface area (Å²) in [5, 5.41) is 0. The van der Waals surface area contributed by atoms with Crippen LogP contribution in [-0.4, -0.2) is 50.2 Å². The molecule has 0 radical (unpaired) electrons. The van der Waals surface area contributed by atoms with Crippen molar-refractivity contribution in [3.63, 3.8) is 0 Å². The van der Waals surface area contributed by atoms with Gasteiger partial charge in [0, 0.05) is 19.5 Å². The zero-order valence-corrected chi connectivity index (χ0v) is 12.7. The maximum Gasteiger partial charge on any atom is 0.306 e. The van der Waals surface area contributed by atoms with E-state index in [2.05, 4.69) is 0 Å². The van der Waals surface area contributed by atoms with Gasteiger partial charge in [-0.3, -0.25) is 9.59 Å². The lowest BCUT2D eigenvalue weighted by Gasteiger charge is -2.26. The average Bonchev–Trinajstić information content (AvgIpc) is 2.59. The van der Waals surface area contributed by atoms with Gasteiger partial charge in [0.15, 0.2) is 0 Å². The summed E-state index contributed by atoms with van der Waals surface area (Å²) < 4.78 is 15.4. The molecule has 6 heteroatoms. The van der Waals surface area contributed by atoms with E-state index in [-0.39, 0.29) is 31.3 Å². The second-order valence-electron chi connectivity index (χ2n) is 5.00. The maximum absolute atomic E-state index is 11.9. The van der Waals surface area contributed by atoms with Crippen LogP contribution in [0.1, 0.15) is 18.4 Å². The highest BCUT2D eigenvalue weighted by atomic mass is 16.5. The lowest BCUT2D eigenvalue weighted by atomic mass is 10.2. The van der Waals surface area contributed by atoms with Crippen LogP contribution < -0.4 is 4.74 Å². The Balaban J connectivity index is 1.67. The van der Waals surface area contributed by atoms with Crippen molar-refractivity contribution in [2.75, 3.05) is 33.4 Å². The zero-order chi connectivity index (χ0) is 15.8. The SMILES string of the molecule is COc1ccc(COC(=O)CCC(=O)N2CCOCC2)cc1. The third-order valence-corrected chi connectivity index (χ3v) is 3.47. The van der Waals surface area contributed by atoms with Gasteiger partial charge in [0.2, 0.25) is 5.91 Å². The van der Waals surface area contributed by atoms with E-state index in [9.17, 15) is 9.59 Å². The highest BCUT2D eigenvalue weighted by Gasteiger charge is 2.17. The largest absolute Gasteiger partial charge is 0.497 e. The van der Waals surface area contributed by atoms with Crippen molar-refractivity contribution < 1.29 is 23.8 Å². The lowest BCUT2D eigenvalue weighted by Crippen LogP contribution is -2.40. The summed E-state index contributed by atoms with van der Waals surface area (Å²) in [6.45, 7) is 2.52. The van der Waals surface area contributed by atoms with Crippen LogP contribution in [0.25, 0.3) is 0 Å². The molecule has 2 rings (SSSR count). The van der Waals surface area contributed by atoms with Gasteiger partial charge in [-0.1, -0.05) is 12.1 Å². The predicted octanol–water partition coefficient (Wildman–Crippen LogP) is 1.38. The molecule has 1 saturated heterocycles. The lowest BCUT2D eigenvalue weighted by molar-refractivity contribution is -0.148. The number of benzene rings is 1. The van der Waals surface area contributed by atoms with E-state index in [1.165, 1.54) is 0 Å². The fourth-order valence-corrected chi connectivity index (χ4v) is 2.14. The predicted molar refractivity (Wildman–Crippen MR) is 79.4 cm³/mol. The molecule has 1 fully saturated rings. The van der Waals surface area contributed by atoms with Crippen LogP contribution in [0.3, 0.4) is 0 Å². The first-order valence-electron chi connectivity index (χ1n) is 7.33. The summed E-state index contributed by atoms with van der Waals surface area (Å²) in [6.07, 6.45) is 0.286. The number of amides is 1. The number of carbonyl (C=O) groups excluding carboxylic acids is 2. The highest BCUT2D eigenvalue weighted by molar-refractivity contribution is 5.81. The second-order valence-corrected chi connectivity index (χ2v) is 5.00. The van der Waals surface area contributed by atoms with Gasteiger partial charge in [0.1, 0.15) is 12.4 Å². The van der Waals surface area contributed by atoms with Gasteiger partial charge in [0.25, 0.3) is 0 Å². The van der Waals surface area contributed by atoms with Gasteiger partial charge in [0.05, 0.1) is 26.7 Å². The van der Waals surface area contributed by atoms with Crippen LogP contribution in [-0.2, 0) is 25.7 Å². The molecule has 22 heavy (non-hydrogen) atoms. The van der Waals surface area contributed by atoms with Gasteiger partial charge in [-0.15, -0.1) is 0 Å². The molecule has 1 aliphatic rings. The molecule has 0 unspecified atom stereocenters. The molecule has 0 spiro atoms. The third-order valence-electron chi connectivity index (χ3n) is 3.47. The number of ether oxygens (including phenoxy) is 3. The minimum absolute atomic E-state index is 0.0234. The number of morpholine rings is 1. The number of hydrogen-bond acceptors (Lipinski definition) is 5. The van der Waals surface area contributed by atoms with Crippen LogP contribution in [0.5, 0.6) is 5.75 Å². The van der Waals surface area contributed by atoms with E-state index < -0.39 is 0 Å². The summed E-state index contributed by atoms with van der Waals surface area (Å²) in [6, 6.07) is 7.30. The molecule has 1 aliphatic heterocycles. The highest BCUT2D eigenvalue weighted by Crippen LogP contribution is 2.12. The summed E-state index contributed by atoms with van der Waals surface area (Å²) >= 11 is 0. The Bertz CT molecular complexity index is 494. The average molecular weight is 307 g/mol. The van der Waals surface area contributed by atoms with E-state index in [4.69, 9.17) is 14.2 Å². The Labute approximate surface area is 129 Å². The molecule has 0 atom stereocenters. The molecular weight excluding hydrogens is 286 g/mol. The molecule has 0 aliphatic carbocycles. The molecule has 120 valence electrons. The monoisotopic (exact) mass is 307 g/mol. The second kappa shape index (κ2) is 8.38. The van der Waals surface area contributed by atoms with Crippen molar-refractivity contribution in [2.45, 2.75) is 19.4 Å². The number of rotatable bonds is 6. The number of nitrogens with zero attached hydrogens (tertiary/aromatic N) is 1. The summed E-state index contributed by atoms with van der Waals surface area (Å²) in [5.41, 5.74) is 0.883. The van der Waals surface area contributed by atoms with Crippen molar-refractivity contribution in [1.82, 2.24) is 4.90 Å². The quantitative estimate of drug-likeness (QED) is 0.743. The van der Waals surface area contributed by atoms with Crippen LogP contribution in [0.15, 0.2) is 24.3 Å². The molecule has 1 heterocycles. The first-order valence-corrected chi connectivity index (χ1v) is 7.33. The van der Waals surface area contributed by atoms with Crippen molar-refractivity contribution in [3.8, 4) is 5.75 Å². The normalized spacial score (nSPS) is 14.5. The Hall–Kier alpha value is -2.08. The third kappa shape index (κ3) is 5.04. The van der Waals surface area contributed by atoms with Gasteiger partial charge in [-0.2, -0.15) is 0 Å². The van der Waals surface area contributed by atoms with Gasteiger partial charge in [-0.05, 0) is 17.7 Å². The zero-order valence-electron chi connectivity index (χ0n) is 12.7. The minimum Gasteiger partial charge on any atom is -0.497 e. The van der Waals surface area contributed by atoms with Crippen LogP contribution >= 0.6 is 0 Å². The van der Waals surface area contributed by atoms with Crippen molar-refractivity contribution in [3.05, 3.63) is 29.8 Å². The number of carbonyl (C=O) groups is 2. The first-order chi connectivity index (χ1) is 10.7. The first kappa shape index (κ1) is 16.3. The van der Waals surface area contributed by atoms with E-state index in [0.717, 1.165) is 11.3 Å². The molecule has 0 aromatic heterocycles.